The first-order valence-electron chi connectivity index (χ1n) is 4.94. The summed E-state index contributed by atoms with van der Waals surface area (Å²) < 4.78 is 2.28. The van der Waals surface area contributed by atoms with Crippen molar-refractivity contribution in [3.05, 3.63) is 11.6 Å². The van der Waals surface area contributed by atoms with Crippen LogP contribution in [0.5, 0.6) is 0 Å². The number of rotatable bonds is 3. The van der Waals surface area contributed by atoms with Crippen LogP contribution in [0.3, 0.4) is 0 Å². The molecule has 13 heavy (non-hydrogen) atoms. The molecule has 0 radical (unpaired) electrons. The molecule has 1 fully saturated rings. The molecule has 1 aliphatic rings. The molecule has 1 aliphatic heterocycles. The summed E-state index contributed by atoms with van der Waals surface area (Å²) in [5.41, 5.74) is 0. The van der Waals surface area contributed by atoms with Crippen LogP contribution in [0.15, 0.2) is 0 Å². The smallest absolute Gasteiger partial charge is 0.133 e. The molecule has 1 aromatic heterocycles. The van der Waals surface area contributed by atoms with Crippen LogP contribution in [-0.4, -0.2) is 27.9 Å². The molecule has 4 nitrogen and oxygen atoms in total. The maximum Gasteiger partial charge on any atom is 0.133 e. The number of nitrogens with one attached hydrogen (secondary N) is 1. The Balaban J connectivity index is 2.23. The number of nitrogens with zero attached hydrogens (tertiary/aromatic N) is 3. The maximum atomic E-state index is 4.19. The molecule has 0 spiro atoms. The van der Waals surface area contributed by atoms with Gasteiger partial charge in [0.05, 0.1) is 6.04 Å². The fraction of sp³-hybridized carbons (Fsp3) is 0.778. The highest BCUT2D eigenvalue weighted by atomic mass is 15.3. The zero-order valence-corrected chi connectivity index (χ0v) is 8.25. The van der Waals surface area contributed by atoms with Crippen molar-refractivity contribution in [1.29, 1.82) is 0 Å². The van der Waals surface area contributed by atoms with Crippen LogP contribution in [0.2, 0.25) is 0 Å². The normalized spacial score (nSPS) is 17.4. The monoisotopic (exact) mass is 180 g/mol. The first-order chi connectivity index (χ1) is 6.33. The lowest BCUT2D eigenvalue weighted by atomic mass is 10.1. The first kappa shape index (κ1) is 8.69. The van der Waals surface area contributed by atoms with E-state index in [1.165, 1.54) is 0 Å². The van der Waals surface area contributed by atoms with Gasteiger partial charge in [0.25, 0.3) is 0 Å². The van der Waals surface area contributed by atoms with Gasteiger partial charge in [-0.1, -0.05) is 6.92 Å². The minimum absolute atomic E-state index is 0.594. The zero-order valence-electron chi connectivity index (χ0n) is 8.25. The van der Waals surface area contributed by atoms with Crippen LogP contribution in [0, 0.1) is 6.92 Å². The third-order valence-corrected chi connectivity index (χ3v) is 2.54. The SMILES string of the molecule is CCCc1nnc(C)n1C1CNC1. The van der Waals surface area contributed by atoms with E-state index in [1.54, 1.807) is 0 Å². The summed E-state index contributed by atoms with van der Waals surface area (Å²) in [5, 5.41) is 11.6. The molecular formula is C9H16N4. The van der Waals surface area contributed by atoms with E-state index in [0.717, 1.165) is 37.6 Å². The van der Waals surface area contributed by atoms with E-state index in [4.69, 9.17) is 0 Å². The summed E-state index contributed by atoms with van der Waals surface area (Å²) in [6, 6.07) is 0.594. The van der Waals surface area contributed by atoms with Gasteiger partial charge in [-0.2, -0.15) is 0 Å². The van der Waals surface area contributed by atoms with Gasteiger partial charge in [0, 0.05) is 19.5 Å². The van der Waals surface area contributed by atoms with E-state index in [1.807, 2.05) is 6.92 Å². The highest BCUT2D eigenvalue weighted by Gasteiger charge is 2.23. The van der Waals surface area contributed by atoms with Crippen LogP contribution in [-0.2, 0) is 6.42 Å². The van der Waals surface area contributed by atoms with Crippen LogP contribution in [0.1, 0.15) is 31.0 Å². The highest BCUT2D eigenvalue weighted by Crippen LogP contribution is 2.16. The third kappa shape index (κ3) is 1.46. The van der Waals surface area contributed by atoms with Gasteiger partial charge in [0.15, 0.2) is 0 Å². The Morgan fingerprint density at radius 2 is 2.23 bits per heavy atom. The van der Waals surface area contributed by atoms with Crippen LogP contribution in [0.4, 0.5) is 0 Å². The Hall–Kier alpha value is -0.900. The predicted molar refractivity (Wildman–Crippen MR) is 50.7 cm³/mol. The first-order valence-corrected chi connectivity index (χ1v) is 4.94. The van der Waals surface area contributed by atoms with Crippen molar-refractivity contribution in [3.8, 4) is 0 Å². The van der Waals surface area contributed by atoms with Gasteiger partial charge in [-0.3, -0.25) is 0 Å². The molecule has 0 unspecified atom stereocenters. The molecule has 4 heteroatoms. The lowest BCUT2D eigenvalue weighted by molar-refractivity contribution is 0.330. The van der Waals surface area contributed by atoms with Gasteiger partial charge in [0.2, 0.25) is 0 Å². The van der Waals surface area contributed by atoms with Crippen molar-refractivity contribution in [1.82, 2.24) is 20.1 Å². The van der Waals surface area contributed by atoms with Gasteiger partial charge in [-0.25, -0.2) is 0 Å². The Morgan fingerprint density at radius 3 is 2.77 bits per heavy atom. The summed E-state index contributed by atoms with van der Waals surface area (Å²) in [5.74, 6) is 2.20. The molecule has 0 aliphatic carbocycles. The van der Waals surface area contributed by atoms with Crippen molar-refractivity contribution >= 4 is 0 Å². The second kappa shape index (κ2) is 3.46. The second-order valence-electron chi connectivity index (χ2n) is 3.60. The van der Waals surface area contributed by atoms with Crippen LogP contribution >= 0.6 is 0 Å². The molecule has 0 amide bonds. The molecule has 1 saturated heterocycles. The van der Waals surface area contributed by atoms with Crippen molar-refractivity contribution in [3.63, 3.8) is 0 Å². The standard InChI is InChI=1S/C9H16N4/c1-3-4-9-12-11-7(2)13(9)8-5-10-6-8/h8,10H,3-6H2,1-2H3. The number of aromatic nitrogens is 3. The van der Waals surface area contributed by atoms with Gasteiger partial charge in [0.1, 0.15) is 11.6 Å². The van der Waals surface area contributed by atoms with Crippen LogP contribution < -0.4 is 5.32 Å². The minimum Gasteiger partial charge on any atom is -0.313 e. The average molecular weight is 180 g/mol. The molecule has 1 aromatic rings. The summed E-state index contributed by atoms with van der Waals surface area (Å²) in [7, 11) is 0. The van der Waals surface area contributed by atoms with Gasteiger partial charge < -0.3 is 9.88 Å². The fourth-order valence-electron chi connectivity index (χ4n) is 1.74. The third-order valence-electron chi connectivity index (χ3n) is 2.54. The molecule has 72 valence electrons. The molecule has 0 aromatic carbocycles. The molecular weight excluding hydrogens is 164 g/mol. The van der Waals surface area contributed by atoms with Crippen molar-refractivity contribution in [2.45, 2.75) is 32.7 Å². The number of aryl methyl sites for hydroxylation is 2. The topological polar surface area (TPSA) is 42.7 Å². The van der Waals surface area contributed by atoms with Crippen molar-refractivity contribution in [2.24, 2.45) is 0 Å². The van der Waals surface area contributed by atoms with Gasteiger partial charge >= 0.3 is 0 Å². The fourth-order valence-corrected chi connectivity index (χ4v) is 1.74. The molecule has 0 atom stereocenters. The number of hydrogen-bond donors (Lipinski definition) is 1. The van der Waals surface area contributed by atoms with E-state index < -0.39 is 0 Å². The summed E-state index contributed by atoms with van der Waals surface area (Å²) >= 11 is 0. The van der Waals surface area contributed by atoms with E-state index in [9.17, 15) is 0 Å². The zero-order chi connectivity index (χ0) is 9.26. The summed E-state index contributed by atoms with van der Waals surface area (Å²) in [6.45, 7) is 6.34. The Bertz CT molecular complexity index is 288. The highest BCUT2D eigenvalue weighted by molar-refractivity contribution is 5.00. The Kier molecular flexibility index (Phi) is 2.31. The average Bonchev–Trinajstić information content (AvgIpc) is 2.34. The molecule has 0 saturated carbocycles. The Morgan fingerprint density at radius 1 is 1.46 bits per heavy atom. The molecule has 0 bridgehead atoms. The quantitative estimate of drug-likeness (QED) is 0.744. The van der Waals surface area contributed by atoms with E-state index in [0.29, 0.717) is 6.04 Å². The van der Waals surface area contributed by atoms with E-state index >= 15 is 0 Å². The lowest BCUT2D eigenvalue weighted by Crippen LogP contribution is -2.44. The minimum atomic E-state index is 0.594. The largest absolute Gasteiger partial charge is 0.313 e. The molecule has 2 rings (SSSR count). The van der Waals surface area contributed by atoms with Crippen molar-refractivity contribution in [2.75, 3.05) is 13.1 Å². The molecule has 2 heterocycles. The summed E-state index contributed by atoms with van der Waals surface area (Å²) in [6.07, 6.45) is 2.18. The second-order valence-corrected chi connectivity index (χ2v) is 3.60. The van der Waals surface area contributed by atoms with Gasteiger partial charge in [-0.05, 0) is 13.3 Å². The number of hydrogen-bond acceptors (Lipinski definition) is 3. The summed E-state index contributed by atoms with van der Waals surface area (Å²) in [4.78, 5) is 0. The molecule has 1 N–H and O–H groups in total. The van der Waals surface area contributed by atoms with E-state index in [2.05, 4.69) is 27.0 Å². The lowest BCUT2D eigenvalue weighted by Gasteiger charge is -2.30. The predicted octanol–water partition coefficient (Wildman–Crippen LogP) is 0.683. The Labute approximate surface area is 78.4 Å². The van der Waals surface area contributed by atoms with Gasteiger partial charge in [-0.15, -0.1) is 10.2 Å². The van der Waals surface area contributed by atoms with Crippen LogP contribution in [0.25, 0.3) is 0 Å². The maximum absolute atomic E-state index is 4.19. The van der Waals surface area contributed by atoms with Crippen molar-refractivity contribution < 1.29 is 0 Å². The van der Waals surface area contributed by atoms with E-state index in [-0.39, 0.29) is 0 Å².